The highest BCUT2D eigenvalue weighted by Gasteiger charge is 2.32. The standard InChI is InChI=1S/C32H34Cl2N2O4/c33-25-14-13-24(27(34)19-25)20-36(31(37)16-12-23-11-15-29-30(18-23)40-21-39-29)28(17-22-7-3-1-4-8-22)32(38)35-26-9-5-2-6-10-26/h1,3-4,7-8,11,13-15,18-19,26,28H,2,5-6,9-10,12,16-17,20-21H2,(H,35,38)/t28-/m0/s1. The number of nitrogens with zero attached hydrogens (tertiary/aromatic N) is 1. The second kappa shape index (κ2) is 13.4. The van der Waals surface area contributed by atoms with Gasteiger partial charge in [-0.05, 0) is 60.2 Å². The summed E-state index contributed by atoms with van der Waals surface area (Å²) in [7, 11) is 0. The van der Waals surface area contributed by atoms with E-state index in [0.29, 0.717) is 34.4 Å². The Morgan fingerprint density at radius 2 is 1.68 bits per heavy atom. The van der Waals surface area contributed by atoms with Crippen LogP contribution in [0.5, 0.6) is 11.5 Å². The van der Waals surface area contributed by atoms with Crippen LogP contribution in [0, 0.1) is 0 Å². The van der Waals surface area contributed by atoms with E-state index in [1.807, 2.05) is 54.6 Å². The van der Waals surface area contributed by atoms with Gasteiger partial charge in [-0.15, -0.1) is 0 Å². The maximum atomic E-state index is 14.0. The van der Waals surface area contributed by atoms with Gasteiger partial charge in [-0.2, -0.15) is 0 Å². The smallest absolute Gasteiger partial charge is 0.243 e. The van der Waals surface area contributed by atoms with Gasteiger partial charge in [0.05, 0.1) is 0 Å². The van der Waals surface area contributed by atoms with Gasteiger partial charge in [-0.1, -0.05) is 84.9 Å². The predicted molar refractivity (Wildman–Crippen MR) is 157 cm³/mol. The van der Waals surface area contributed by atoms with Crippen molar-refractivity contribution in [3.8, 4) is 11.5 Å². The summed E-state index contributed by atoms with van der Waals surface area (Å²) in [5.74, 6) is 1.14. The largest absolute Gasteiger partial charge is 0.454 e. The van der Waals surface area contributed by atoms with Crippen molar-refractivity contribution in [2.24, 2.45) is 0 Å². The van der Waals surface area contributed by atoms with Crippen LogP contribution in [-0.2, 0) is 29.0 Å². The molecule has 1 saturated carbocycles. The Kier molecular flexibility index (Phi) is 9.50. The van der Waals surface area contributed by atoms with Gasteiger partial charge in [0.25, 0.3) is 0 Å². The summed E-state index contributed by atoms with van der Waals surface area (Å²) < 4.78 is 10.9. The number of carbonyl (C=O) groups is 2. The number of fused-ring (bicyclic) bond motifs is 1. The molecule has 1 atom stereocenters. The Bertz CT molecular complexity index is 1330. The van der Waals surface area contributed by atoms with Crippen molar-refractivity contribution >= 4 is 35.0 Å². The van der Waals surface area contributed by atoms with Gasteiger partial charge in [0.1, 0.15) is 6.04 Å². The molecular formula is C32H34Cl2N2O4. The quantitative estimate of drug-likeness (QED) is 0.288. The third kappa shape index (κ3) is 7.29. The first-order valence-corrected chi connectivity index (χ1v) is 14.7. The molecule has 2 aliphatic rings. The topological polar surface area (TPSA) is 67.9 Å². The first kappa shape index (κ1) is 28.3. The number of aryl methyl sites for hydroxylation is 1. The monoisotopic (exact) mass is 580 g/mol. The minimum atomic E-state index is -0.694. The number of hydrogen-bond acceptors (Lipinski definition) is 4. The first-order chi connectivity index (χ1) is 19.5. The van der Waals surface area contributed by atoms with Crippen LogP contribution >= 0.6 is 23.2 Å². The molecule has 1 aliphatic heterocycles. The van der Waals surface area contributed by atoms with Gasteiger partial charge in [0.2, 0.25) is 18.6 Å². The maximum Gasteiger partial charge on any atom is 0.243 e. The first-order valence-electron chi connectivity index (χ1n) is 13.9. The molecule has 0 radical (unpaired) electrons. The van der Waals surface area contributed by atoms with Crippen molar-refractivity contribution in [3.05, 3.63) is 93.5 Å². The number of rotatable bonds is 10. The van der Waals surface area contributed by atoms with Gasteiger partial charge in [0, 0.05) is 35.5 Å². The summed E-state index contributed by atoms with van der Waals surface area (Å²) in [6.45, 7) is 0.399. The van der Waals surface area contributed by atoms with Crippen LogP contribution in [0.3, 0.4) is 0 Å². The lowest BCUT2D eigenvalue weighted by molar-refractivity contribution is -0.141. The molecule has 1 N–H and O–H groups in total. The van der Waals surface area contributed by atoms with E-state index >= 15 is 0 Å². The van der Waals surface area contributed by atoms with E-state index in [1.165, 1.54) is 6.42 Å². The molecule has 5 rings (SSSR count). The summed E-state index contributed by atoms with van der Waals surface area (Å²) in [5, 5.41) is 4.25. The summed E-state index contributed by atoms with van der Waals surface area (Å²) in [6, 6.07) is 20.2. The lowest BCUT2D eigenvalue weighted by Crippen LogP contribution is -2.53. The van der Waals surface area contributed by atoms with E-state index in [-0.39, 0.29) is 37.6 Å². The molecular weight excluding hydrogens is 547 g/mol. The zero-order valence-corrected chi connectivity index (χ0v) is 23.9. The van der Waals surface area contributed by atoms with Crippen molar-refractivity contribution in [1.29, 1.82) is 0 Å². The molecule has 210 valence electrons. The minimum Gasteiger partial charge on any atom is -0.454 e. The van der Waals surface area contributed by atoms with Crippen LogP contribution in [-0.4, -0.2) is 35.6 Å². The predicted octanol–water partition coefficient (Wildman–Crippen LogP) is 6.74. The summed E-state index contributed by atoms with van der Waals surface area (Å²) in [4.78, 5) is 29.6. The van der Waals surface area contributed by atoms with Gasteiger partial charge >= 0.3 is 0 Å². The molecule has 2 amide bonds. The van der Waals surface area contributed by atoms with E-state index in [4.69, 9.17) is 32.7 Å². The highest BCUT2D eigenvalue weighted by Crippen LogP contribution is 2.33. The van der Waals surface area contributed by atoms with E-state index in [1.54, 1.807) is 17.0 Å². The molecule has 3 aromatic rings. The Labute approximate surface area is 245 Å². The second-order valence-corrected chi connectivity index (χ2v) is 11.3. The molecule has 0 bridgehead atoms. The third-order valence-corrected chi connectivity index (χ3v) is 8.23. The number of carbonyl (C=O) groups excluding carboxylic acids is 2. The number of hydrogen-bond donors (Lipinski definition) is 1. The van der Waals surface area contributed by atoms with Gasteiger partial charge < -0.3 is 19.7 Å². The number of halogens is 2. The van der Waals surface area contributed by atoms with Crippen molar-refractivity contribution in [2.75, 3.05) is 6.79 Å². The van der Waals surface area contributed by atoms with E-state index in [2.05, 4.69) is 5.32 Å². The SMILES string of the molecule is O=C(NC1CCCCC1)[C@H](Cc1ccccc1)N(Cc1ccc(Cl)cc1Cl)C(=O)CCc1ccc2c(c1)OCO2. The third-order valence-electron chi connectivity index (χ3n) is 7.64. The maximum absolute atomic E-state index is 14.0. The second-order valence-electron chi connectivity index (χ2n) is 10.5. The van der Waals surface area contributed by atoms with Gasteiger partial charge in [-0.25, -0.2) is 0 Å². The summed E-state index contributed by atoms with van der Waals surface area (Å²) in [6.07, 6.45) is 6.46. The van der Waals surface area contributed by atoms with Crippen molar-refractivity contribution in [2.45, 2.75) is 70.0 Å². The average molecular weight is 582 g/mol. The zero-order chi connectivity index (χ0) is 27.9. The van der Waals surface area contributed by atoms with Crippen molar-refractivity contribution in [1.82, 2.24) is 10.2 Å². The highest BCUT2D eigenvalue weighted by atomic mass is 35.5. The van der Waals surface area contributed by atoms with Crippen molar-refractivity contribution in [3.63, 3.8) is 0 Å². The normalized spacial score (nSPS) is 15.4. The molecule has 0 unspecified atom stereocenters. The van der Waals surface area contributed by atoms with Crippen LogP contribution in [0.1, 0.15) is 55.2 Å². The number of nitrogens with one attached hydrogen (secondary N) is 1. The lowest BCUT2D eigenvalue weighted by atomic mass is 9.94. The minimum absolute atomic E-state index is 0.122. The molecule has 40 heavy (non-hydrogen) atoms. The Balaban J connectivity index is 1.42. The van der Waals surface area contributed by atoms with Crippen LogP contribution in [0.25, 0.3) is 0 Å². The molecule has 1 heterocycles. The number of amides is 2. The molecule has 0 saturated heterocycles. The lowest BCUT2D eigenvalue weighted by Gasteiger charge is -2.34. The molecule has 1 aliphatic carbocycles. The van der Waals surface area contributed by atoms with Crippen LogP contribution in [0.4, 0.5) is 0 Å². The highest BCUT2D eigenvalue weighted by molar-refractivity contribution is 6.35. The summed E-state index contributed by atoms with van der Waals surface area (Å²) >= 11 is 12.7. The average Bonchev–Trinajstić information content (AvgIpc) is 3.44. The molecule has 6 nitrogen and oxygen atoms in total. The van der Waals surface area contributed by atoms with Gasteiger partial charge in [-0.3, -0.25) is 9.59 Å². The zero-order valence-electron chi connectivity index (χ0n) is 22.4. The van der Waals surface area contributed by atoms with E-state index in [0.717, 1.165) is 42.4 Å². The van der Waals surface area contributed by atoms with Crippen LogP contribution < -0.4 is 14.8 Å². The van der Waals surface area contributed by atoms with Crippen LogP contribution in [0.15, 0.2) is 66.7 Å². The van der Waals surface area contributed by atoms with Gasteiger partial charge in [0.15, 0.2) is 11.5 Å². The fourth-order valence-corrected chi connectivity index (χ4v) is 5.89. The molecule has 0 spiro atoms. The fraction of sp³-hybridized carbons (Fsp3) is 0.375. The molecule has 1 fully saturated rings. The number of benzene rings is 3. The summed E-state index contributed by atoms with van der Waals surface area (Å²) in [5.41, 5.74) is 2.70. The molecule has 8 heteroatoms. The Hall–Kier alpha value is -3.22. The Morgan fingerprint density at radius 3 is 2.45 bits per heavy atom. The Morgan fingerprint density at radius 1 is 0.900 bits per heavy atom. The molecule has 3 aromatic carbocycles. The van der Waals surface area contributed by atoms with E-state index < -0.39 is 6.04 Å². The van der Waals surface area contributed by atoms with Crippen molar-refractivity contribution < 1.29 is 19.1 Å². The van der Waals surface area contributed by atoms with Crippen LogP contribution in [0.2, 0.25) is 10.0 Å². The number of ether oxygens (including phenoxy) is 2. The molecule has 0 aromatic heterocycles. The van der Waals surface area contributed by atoms with E-state index in [9.17, 15) is 9.59 Å². The fourth-order valence-electron chi connectivity index (χ4n) is 5.42.